The molecular weight excluding hydrogens is 272 g/mol. The number of ether oxygens (including phenoxy) is 1. The lowest BCUT2D eigenvalue weighted by atomic mass is 10.3. The van der Waals surface area contributed by atoms with Gasteiger partial charge in [0.05, 0.1) is 7.11 Å². The van der Waals surface area contributed by atoms with Gasteiger partial charge in [-0.3, -0.25) is 4.79 Å². The topological polar surface area (TPSA) is 55.0 Å². The Morgan fingerprint density at radius 2 is 2.38 bits per heavy atom. The van der Waals surface area contributed by atoms with E-state index >= 15 is 0 Å². The zero-order valence-corrected chi connectivity index (χ0v) is 10.9. The van der Waals surface area contributed by atoms with Crippen LogP contribution in [0, 0.1) is 18.3 Å². The first kappa shape index (κ1) is 12.8. The molecule has 1 rings (SSSR count). The van der Waals surface area contributed by atoms with Crippen molar-refractivity contribution in [3.05, 3.63) is 21.9 Å². The van der Waals surface area contributed by atoms with E-state index in [4.69, 9.17) is 5.26 Å². The van der Waals surface area contributed by atoms with E-state index in [1.54, 1.807) is 6.07 Å². The second-order valence-corrected chi connectivity index (χ2v) is 4.26. The van der Waals surface area contributed by atoms with Gasteiger partial charge >= 0.3 is 5.97 Å². The van der Waals surface area contributed by atoms with Crippen LogP contribution in [0.15, 0.2) is 10.5 Å². The monoisotopic (exact) mass is 284 g/mol. The Bertz CT molecular complexity index is 432. The van der Waals surface area contributed by atoms with E-state index < -0.39 is 0 Å². The van der Waals surface area contributed by atoms with E-state index in [2.05, 4.69) is 26.7 Å². The fraction of sp³-hybridized carbons (Fsp3) is 0.455. The molecule has 0 aliphatic rings. The first-order chi connectivity index (χ1) is 7.60. The van der Waals surface area contributed by atoms with Crippen LogP contribution in [0.25, 0.3) is 0 Å². The molecule has 0 amide bonds. The van der Waals surface area contributed by atoms with Crippen molar-refractivity contribution in [1.82, 2.24) is 4.57 Å². The average molecular weight is 285 g/mol. The van der Waals surface area contributed by atoms with Crippen LogP contribution >= 0.6 is 15.9 Å². The summed E-state index contributed by atoms with van der Waals surface area (Å²) < 4.78 is 7.37. The van der Waals surface area contributed by atoms with Crippen molar-refractivity contribution in [3.63, 3.8) is 0 Å². The quantitative estimate of drug-likeness (QED) is 0.798. The van der Waals surface area contributed by atoms with Gasteiger partial charge in [0.25, 0.3) is 0 Å². The summed E-state index contributed by atoms with van der Waals surface area (Å²) >= 11 is 3.38. The Morgan fingerprint density at radius 1 is 1.69 bits per heavy atom. The van der Waals surface area contributed by atoms with Gasteiger partial charge in [0, 0.05) is 23.1 Å². The predicted octanol–water partition coefficient (Wildman–Crippen LogP) is 2.38. The van der Waals surface area contributed by atoms with E-state index in [0.29, 0.717) is 25.1 Å². The summed E-state index contributed by atoms with van der Waals surface area (Å²) in [6.45, 7) is 2.58. The number of hydrogen-bond acceptors (Lipinski definition) is 3. The SMILES string of the molecule is COC(=O)CCCn1c(C#N)cc(Br)c1C. The van der Waals surface area contributed by atoms with Crippen LogP contribution in [0.3, 0.4) is 0 Å². The molecule has 0 aliphatic heterocycles. The third kappa shape index (κ3) is 2.86. The van der Waals surface area contributed by atoms with Crippen molar-refractivity contribution in [2.24, 2.45) is 0 Å². The average Bonchev–Trinajstić information content (AvgIpc) is 2.56. The Kier molecular flexibility index (Phi) is 4.56. The predicted molar refractivity (Wildman–Crippen MR) is 62.8 cm³/mol. The number of aromatic nitrogens is 1. The molecule has 1 heterocycles. The Morgan fingerprint density at radius 3 is 2.94 bits per heavy atom. The van der Waals surface area contributed by atoms with E-state index in [9.17, 15) is 4.79 Å². The Labute approximate surface area is 103 Å². The van der Waals surface area contributed by atoms with E-state index in [1.165, 1.54) is 7.11 Å². The summed E-state index contributed by atoms with van der Waals surface area (Å²) in [4.78, 5) is 10.9. The number of esters is 1. The van der Waals surface area contributed by atoms with Crippen LogP contribution in [0.5, 0.6) is 0 Å². The third-order valence-corrected chi connectivity index (χ3v) is 3.21. The van der Waals surface area contributed by atoms with Gasteiger partial charge in [-0.05, 0) is 35.3 Å². The largest absolute Gasteiger partial charge is 0.469 e. The summed E-state index contributed by atoms with van der Waals surface area (Å²) in [5, 5.41) is 8.93. The second kappa shape index (κ2) is 5.71. The van der Waals surface area contributed by atoms with Gasteiger partial charge in [0.15, 0.2) is 0 Å². The lowest BCUT2D eigenvalue weighted by Gasteiger charge is -2.07. The smallest absolute Gasteiger partial charge is 0.305 e. The van der Waals surface area contributed by atoms with Crippen LogP contribution in [-0.2, 0) is 16.1 Å². The van der Waals surface area contributed by atoms with Crippen molar-refractivity contribution < 1.29 is 9.53 Å². The number of nitriles is 1. The highest BCUT2D eigenvalue weighted by molar-refractivity contribution is 9.10. The normalized spacial score (nSPS) is 9.88. The Hall–Kier alpha value is -1.28. The van der Waals surface area contributed by atoms with Gasteiger partial charge in [0.1, 0.15) is 11.8 Å². The zero-order valence-electron chi connectivity index (χ0n) is 9.29. The molecule has 0 radical (unpaired) electrons. The molecule has 16 heavy (non-hydrogen) atoms. The fourth-order valence-corrected chi connectivity index (χ4v) is 1.91. The molecule has 0 aliphatic carbocycles. The minimum Gasteiger partial charge on any atom is -0.469 e. The van der Waals surface area contributed by atoms with Gasteiger partial charge in [0.2, 0.25) is 0 Å². The van der Waals surface area contributed by atoms with Crippen molar-refractivity contribution in [1.29, 1.82) is 5.26 Å². The summed E-state index contributed by atoms with van der Waals surface area (Å²) in [6.07, 6.45) is 1.04. The first-order valence-electron chi connectivity index (χ1n) is 4.92. The number of nitrogens with zero attached hydrogens (tertiary/aromatic N) is 2. The molecule has 0 saturated heterocycles. The lowest BCUT2D eigenvalue weighted by molar-refractivity contribution is -0.140. The van der Waals surface area contributed by atoms with Crippen LogP contribution in [0.4, 0.5) is 0 Å². The van der Waals surface area contributed by atoms with Crippen LogP contribution < -0.4 is 0 Å². The molecule has 0 aromatic carbocycles. The zero-order chi connectivity index (χ0) is 12.1. The molecule has 86 valence electrons. The number of halogens is 1. The highest BCUT2D eigenvalue weighted by Crippen LogP contribution is 2.21. The molecule has 0 spiro atoms. The van der Waals surface area contributed by atoms with Gasteiger partial charge < -0.3 is 9.30 Å². The van der Waals surface area contributed by atoms with Crippen molar-refractivity contribution in [2.75, 3.05) is 7.11 Å². The second-order valence-electron chi connectivity index (χ2n) is 3.41. The number of rotatable bonds is 4. The van der Waals surface area contributed by atoms with E-state index in [-0.39, 0.29) is 5.97 Å². The molecule has 0 fully saturated rings. The first-order valence-corrected chi connectivity index (χ1v) is 5.72. The molecular formula is C11H13BrN2O2. The van der Waals surface area contributed by atoms with Crippen molar-refractivity contribution >= 4 is 21.9 Å². The molecule has 0 atom stereocenters. The van der Waals surface area contributed by atoms with Crippen molar-refractivity contribution in [3.8, 4) is 6.07 Å². The van der Waals surface area contributed by atoms with Gasteiger partial charge in [-0.15, -0.1) is 0 Å². The molecule has 1 aromatic rings. The summed E-state index contributed by atoms with van der Waals surface area (Å²) in [5.41, 5.74) is 1.61. The summed E-state index contributed by atoms with van der Waals surface area (Å²) in [7, 11) is 1.38. The summed E-state index contributed by atoms with van der Waals surface area (Å²) in [6, 6.07) is 3.91. The highest BCUT2D eigenvalue weighted by atomic mass is 79.9. The molecule has 4 nitrogen and oxygen atoms in total. The number of methoxy groups -OCH3 is 1. The molecule has 1 aromatic heterocycles. The minimum absolute atomic E-state index is 0.220. The van der Waals surface area contributed by atoms with Gasteiger partial charge in [-0.2, -0.15) is 5.26 Å². The molecule has 5 heteroatoms. The third-order valence-electron chi connectivity index (χ3n) is 2.41. The maximum absolute atomic E-state index is 10.9. The molecule has 0 saturated carbocycles. The molecule has 0 N–H and O–H groups in total. The van der Waals surface area contributed by atoms with Crippen LogP contribution in [-0.4, -0.2) is 17.6 Å². The molecule has 0 unspecified atom stereocenters. The maximum Gasteiger partial charge on any atom is 0.305 e. The number of carbonyl (C=O) groups is 1. The highest BCUT2D eigenvalue weighted by Gasteiger charge is 2.09. The van der Waals surface area contributed by atoms with Gasteiger partial charge in [-0.25, -0.2) is 0 Å². The van der Waals surface area contributed by atoms with Crippen LogP contribution in [0.2, 0.25) is 0 Å². The van der Waals surface area contributed by atoms with Crippen molar-refractivity contribution in [2.45, 2.75) is 26.3 Å². The summed E-state index contributed by atoms with van der Waals surface area (Å²) in [5.74, 6) is -0.220. The Balaban J connectivity index is 2.67. The van der Waals surface area contributed by atoms with Gasteiger partial charge in [-0.1, -0.05) is 0 Å². The van der Waals surface area contributed by atoms with Crippen LogP contribution in [0.1, 0.15) is 24.2 Å². The fourth-order valence-electron chi connectivity index (χ4n) is 1.48. The van der Waals surface area contributed by atoms with E-state index in [0.717, 1.165) is 10.2 Å². The molecule has 0 bridgehead atoms. The van der Waals surface area contributed by atoms with E-state index in [1.807, 2.05) is 11.5 Å². The number of carbonyl (C=O) groups excluding carboxylic acids is 1. The maximum atomic E-state index is 10.9. The standard InChI is InChI=1S/C11H13BrN2O2/c1-8-10(12)6-9(7-13)14(8)5-3-4-11(15)16-2/h6H,3-5H2,1-2H3. The minimum atomic E-state index is -0.220. The number of hydrogen-bond donors (Lipinski definition) is 0. The lowest BCUT2D eigenvalue weighted by Crippen LogP contribution is -2.06.